The summed E-state index contributed by atoms with van der Waals surface area (Å²) in [6.07, 6.45) is 0. The van der Waals surface area contributed by atoms with E-state index in [4.69, 9.17) is 40.5 Å². The monoisotopic (exact) mass is 358 g/mol. The van der Waals surface area contributed by atoms with Gasteiger partial charge in [-0.05, 0) is 24.3 Å². The van der Waals surface area contributed by atoms with Gasteiger partial charge in [-0.3, -0.25) is 4.79 Å². The van der Waals surface area contributed by atoms with Crippen molar-refractivity contribution in [2.75, 3.05) is 11.9 Å². The minimum atomic E-state index is -0.291. The maximum Gasteiger partial charge on any atom is 0.265 e. The predicted molar refractivity (Wildman–Crippen MR) is 89.7 cm³/mol. The van der Waals surface area contributed by atoms with Gasteiger partial charge in [-0.15, -0.1) is 11.3 Å². The van der Waals surface area contributed by atoms with Crippen molar-refractivity contribution in [1.29, 1.82) is 0 Å². The number of amides is 1. The summed E-state index contributed by atoms with van der Waals surface area (Å²) in [5.41, 5.74) is 5.70. The highest BCUT2D eigenvalue weighted by Gasteiger charge is 2.12. The molecule has 0 unspecified atom stereocenters. The van der Waals surface area contributed by atoms with Crippen LogP contribution < -0.4 is 11.1 Å². The zero-order valence-corrected chi connectivity index (χ0v) is 13.6. The zero-order chi connectivity index (χ0) is 15.4. The van der Waals surface area contributed by atoms with Crippen LogP contribution in [0.15, 0.2) is 24.3 Å². The average molecular weight is 360 g/mol. The largest absolute Gasteiger partial charge is 0.320 e. The van der Waals surface area contributed by atoms with Gasteiger partial charge in [0.1, 0.15) is 0 Å². The van der Waals surface area contributed by atoms with E-state index in [-0.39, 0.29) is 12.5 Å². The Bertz CT molecular complexity index is 746. The molecule has 3 nitrogen and oxygen atoms in total. The van der Waals surface area contributed by atoms with Crippen LogP contribution in [-0.2, 0) is 0 Å². The summed E-state index contributed by atoms with van der Waals surface area (Å²) in [5, 5.41) is 3.65. The smallest absolute Gasteiger partial charge is 0.265 e. The number of hydrogen-bond acceptors (Lipinski definition) is 3. The van der Waals surface area contributed by atoms with E-state index in [0.717, 1.165) is 4.88 Å². The van der Waals surface area contributed by atoms with Crippen LogP contribution >= 0.6 is 46.1 Å². The first-order chi connectivity index (χ1) is 10.0. The van der Waals surface area contributed by atoms with Crippen LogP contribution in [0.2, 0.25) is 15.1 Å². The third kappa shape index (κ3) is 4.13. The minimum absolute atomic E-state index is 0.276. The van der Waals surface area contributed by atoms with Gasteiger partial charge in [0.2, 0.25) is 0 Å². The van der Waals surface area contributed by atoms with Gasteiger partial charge in [0.25, 0.3) is 5.91 Å². The van der Waals surface area contributed by atoms with E-state index in [0.29, 0.717) is 25.6 Å². The molecule has 0 aliphatic carbocycles. The van der Waals surface area contributed by atoms with Crippen LogP contribution in [0.3, 0.4) is 0 Å². The van der Waals surface area contributed by atoms with Crippen molar-refractivity contribution in [2.24, 2.45) is 5.73 Å². The van der Waals surface area contributed by atoms with E-state index < -0.39 is 0 Å². The van der Waals surface area contributed by atoms with Gasteiger partial charge in [-0.1, -0.05) is 46.6 Å². The molecule has 0 saturated carbocycles. The number of thiophene rings is 1. The summed E-state index contributed by atoms with van der Waals surface area (Å²) in [6, 6.07) is 6.44. The Balaban J connectivity index is 2.18. The maximum atomic E-state index is 12.1. The fourth-order valence-corrected chi connectivity index (χ4v) is 2.84. The van der Waals surface area contributed by atoms with Crippen LogP contribution in [0.25, 0.3) is 0 Å². The van der Waals surface area contributed by atoms with Crippen molar-refractivity contribution >= 4 is 57.7 Å². The quantitative estimate of drug-likeness (QED) is 0.621. The first-order valence-corrected chi connectivity index (χ1v) is 7.71. The lowest BCUT2D eigenvalue weighted by Crippen LogP contribution is -2.10. The Morgan fingerprint density at radius 2 is 1.90 bits per heavy atom. The SMILES string of the molecule is NCC#Cc1ccc(C(=O)Nc2cc(Cl)c(Cl)cc2Cl)s1. The van der Waals surface area contributed by atoms with Crippen molar-refractivity contribution in [3.63, 3.8) is 0 Å². The molecule has 0 aliphatic rings. The molecular weight excluding hydrogens is 351 g/mol. The molecule has 2 aromatic rings. The number of carbonyl (C=O) groups is 1. The zero-order valence-electron chi connectivity index (χ0n) is 10.5. The molecule has 1 heterocycles. The van der Waals surface area contributed by atoms with Gasteiger partial charge >= 0.3 is 0 Å². The first-order valence-electron chi connectivity index (χ1n) is 5.76. The third-order valence-electron chi connectivity index (χ3n) is 2.40. The molecule has 0 bridgehead atoms. The van der Waals surface area contributed by atoms with Gasteiger partial charge in [0.05, 0.1) is 37.1 Å². The first kappa shape index (κ1) is 16.2. The molecule has 0 atom stereocenters. The average Bonchev–Trinajstić information content (AvgIpc) is 2.91. The summed E-state index contributed by atoms with van der Waals surface area (Å²) >= 11 is 19.0. The van der Waals surface area contributed by atoms with Gasteiger partial charge in [-0.2, -0.15) is 0 Å². The highest BCUT2D eigenvalue weighted by molar-refractivity contribution is 7.14. The number of nitrogens with one attached hydrogen (secondary N) is 1. The lowest BCUT2D eigenvalue weighted by atomic mass is 10.3. The number of hydrogen-bond donors (Lipinski definition) is 2. The number of nitrogens with two attached hydrogens (primary N) is 1. The van der Waals surface area contributed by atoms with E-state index in [9.17, 15) is 4.79 Å². The van der Waals surface area contributed by atoms with Crippen LogP contribution in [0.1, 0.15) is 14.5 Å². The number of anilines is 1. The van der Waals surface area contributed by atoms with E-state index in [1.165, 1.54) is 23.5 Å². The Morgan fingerprint density at radius 3 is 2.62 bits per heavy atom. The Labute approximate surface area is 141 Å². The Morgan fingerprint density at radius 1 is 1.19 bits per heavy atom. The normalized spacial score (nSPS) is 9.90. The Hall–Kier alpha value is -1.22. The highest BCUT2D eigenvalue weighted by Crippen LogP contribution is 2.32. The van der Waals surface area contributed by atoms with Crippen LogP contribution in [0, 0.1) is 11.8 Å². The van der Waals surface area contributed by atoms with Gasteiger partial charge in [0.15, 0.2) is 0 Å². The van der Waals surface area contributed by atoms with E-state index in [1.54, 1.807) is 12.1 Å². The minimum Gasteiger partial charge on any atom is -0.320 e. The number of halogens is 3. The summed E-state index contributed by atoms with van der Waals surface area (Å²) in [6.45, 7) is 0.276. The molecule has 7 heteroatoms. The van der Waals surface area contributed by atoms with Crippen LogP contribution in [-0.4, -0.2) is 12.5 Å². The molecule has 3 N–H and O–H groups in total. The third-order valence-corrected chi connectivity index (χ3v) is 4.44. The second kappa shape index (κ2) is 7.17. The fraction of sp³-hybridized carbons (Fsp3) is 0.0714. The van der Waals surface area contributed by atoms with Gasteiger partial charge < -0.3 is 11.1 Å². The molecule has 21 heavy (non-hydrogen) atoms. The van der Waals surface area contributed by atoms with Crippen molar-refractivity contribution in [3.8, 4) is 11.8 Å². The van der Waals surface area contributed by atoms with Crippen LogP contribution in [0.4, 0.5) is 5.69 Å². The van der Waals surface area contributed by atoms with Crippen molar-refractivity contribution in [3.05, 3.63) is 49.1 Å². The molecule has 0 spiro atoms. The molecule has 0 fully saturated rings. The molecule has 108 valence electrons. The topological polar surface area (TPSA) is 55.1 Å². The molecule has 0 aliphatic heterocycles. The second-order valence-electron chi connectivity index (χ2n) is 3.87. The Kier molecular flexibility index (Phi) is 5.51. The maximum absolute atomic E-state index is 12.1. The van der Waals surface area contributed by atoms with Crippen molar-refractivity contribution < 1.29 is 4.79 Å². The molecule has 1 amide bonds. The van der Waals surface area contributed by atoms with E-state index in [1.807, 2.05) is 0 Å². The lowest BCUT2D eigenvalue weighted by molar-refractivity contribution is 0.103. The van der Waals surface area contributed by atoms with Gasteiger partial charge in [0, 0.05) is 0 Å². The second-order valence-corrected chi connectivity index (χ2v) is 6.18. The number of benzene rings is 1. The summed E-state index contributed by atoms with van der Waals surface area (Å²) < 4.78 is 0. The van der Waals surface area contributed by atoms with E-state index in [2.05, 4.69) is 17.2 Å². The fourth-order valence-electron chi connectivity index (χ4n) is 1.47. The molecule has 0 saturated heterocycles. The summed E-state index contributed by atoms with van der Waals surface area (Å²) in [4.78, 5) is 13.4. The lowest BCUT2D eigenvalue weighted by Gasteiger charge is -2.07. The number of rotatable bonds is 2. The molecular formula is C14H9Cl3N2OS. The van der Waals surface area contributed by atoms with Crippen molar-refractivity contribution in [2.45, 2.75) is 0 Å². The standard InChI is InChI=1S/C14H9Cl3N2OS/c15-9-6-11(17)12(7-10(9)16)19-14(20)13-4-3-8(21-13)2-1-5-18/h3-4,6-7H,5,18H2,(H,19,20). The van der Waals surface area contributed by atoms with E-state index >= 15 is 0 Å². The number of carbonyl (C=O) groups excluding carboxylic acids is 1. The van der Waals surface area contributed by atoms with Crippen LogP contribution in [0.5, 0.6) is 0 Å². The van der Waals surface area contributed by atoms with Gasteiger partial charge in [-0.25, -0.2) is 0 Å². The molecule has 1 aromatic heterocycles. The summed E-state index contributed by atoms with van der Waals surface area (Å²) in [7, 11) is 0. The molecule has 0 radical (unpaired) electrons. The highest BCUT2D eigenvalue weighted by atomic mass is 35.5. The predicted octanol–water partition coefficient (Wildman–Crippen LogP) is 4.27. The summed E-state index contributed by atoms with van der Waals surface area (Å²) in [5.74, 6) is 5.31. The van der Waals surface area contributed by atoms with Crippen molar-refractivity contribution in [1.82, 2.24) is 0 Å². The molecule has 2 rings (SSSR count). The molecule has 1 aromatic carbocycles.